The molecule has 0 aliphatic rings. The summed E-state index contributed by atoms with van der Waals surface area (Å²) in [7, 11) is 1.62. The molecule has 0 saturated heterocycles. The molecule has 5 nitrogen and oxygen atoms in total. The molecular weight excluding hydrogens is 350 g/mol. The molecule has 0 unspecified atom stereocenters. The first-order valence-electron chi connectivity index (χ1n) is 8.35. The van der Waals surface area contributed by atoms with Crippen LogP contribution in [0.15, 0.2) is 61.2 Å². The Labute approximate surface area is 158 Å². The molecular formula is C20H21ClN3O2+. The standard InChI is InChI=1S/C20H20ClN3O2/c1-25-19-9-17(13-24-11-15-4-2-6-22-10-15)8-18(21)20(19)26-14-16-5-3-7-23-12-16/h2-10,12,24H,11,13-14H2,1H3/p+1. The minimum Gasteiger partial charge on any atom is -0.493 e. The van der Waals surface area contributed by atoms with E-state index in [0.29, 0.717) is 23.1 Å². The average molecular weight is 371 g/mol. The van der Waals surface area contributed by atoms with Crippen molar-refractivity contribution in [3.63, 3.8) is 0 Å². The van der Waals surface area contributed by atoms with Gasteiger partial charge in [-0.3, -0.25) is 9.97 Å². The van der Waals surface area contributed by atoms with Crippen molar-refractivity contribution in [2.45, 2.75) is 19.7 Å². The summed E-state index contributed by atoms with van der Waals surface area (Å²) in [5, 5.41) is 2.73. The fourth-order valence-electron chi connectivity index (χ4n) is 2.59. The molecule has 0 amide bonds. The maximum absolute atomic E-state index is 6.43. The van der Waals surface area contributed by atoms with E-state index in [1.165, 1.54) is 5.56 Å². The molecule has 3 aromatic rings. The van der Waals surface area contributed by atoms with Crippen LogP contribution in [-0.2, 0) is 19.7 Å². The number of quaternary nitrogens is 1. The van der Waals surface area contributed by atoms with Crippen molar-refractivity contribution >= 4 is 11.6 Å². The normalized spacial score (nSPS) is 10.5. The monoisotopic (exact) mass is 370 g/mol. The fourth-order valence-corrected chi connectivity index (χ4v) is 2.88. The summed E-state index contributed by atoms with van der Waals surface area (Å²) < 4.78 is 11.3. The third kappa shape index (κ3) is 4.94. The molecule has 0 atom stereocenters. The Kier molecular flexibility index (Phi) is 6.41. The van der Waals surface area contributed by atoms with Crippen LogP contribution in [0.2, 0.25) is 5.02 Å². The van der Waals surface area contributed by atoms with Gasteiger partial charge in [-0.15, -0.1) is 0 Å². The van der Waals surface area contributed by atoms with E-state index >= 15 is 0 Å². The lowest BCUT2D eigenvalue weighted by molar-refractivity contribution is -0.686. The summed E-state index contributed by atoms with van der Waals surface area (Å²) >= 11 is 6.43. The smallest absolute Gasteiger partial charge is 0.180 e. The van der Waals surface area contributed by atoms with Crippen LogP contribution in [0.3, 0.4) is 0 Å². The number of methoxy groups -OCH3 is 1. The number of nitrogens with two attached hydrogens (primary N) is 1. The lowest BCUT2D eigenvalue weighted by Gasteiger charge is -2.14. The number of halogens is 1. The number of rotatable bonds is 8. The van der Waals surface area contributed by atoms with Crippen molar-refractivity contribution in [2.24, 2.45) is 0 Å². The first-order chi connectivity index (χ1) is 12.8. The van der Waals surface area contributed by atoms with E-state index in [-0.39, 0.29) is 0 Å². The molecule has 1 aromatic carbocycles. The Hall–Kier alpha value is -2.63. The van der Waals surface area contributed by atoms with Gasteiger partial charge in [-0.1, -0.05) is 23.7 Å². The highest BCUT2D eigenvalue weighted by Gasteiger charge is 2.13. The molecule has 0 fully saturated rings. The molecule has 3 rings (SSSR count). The van der Waals surface area contributed by atoms with E-state index in [4.69, 9.17) is 21.1 Å². The van der Waals surface area contributed by atoms with Crippen LogP contribution in [-0.4, -0.2) is 17.1 Å². The molecule has 0 radical (unpaired) electrons. The van der Waals surface area contributed by atoms with Gasteiger partial charge < -0.3 is 14.8 Å². The highest BCUT2D eigenvalue weighted by Crippen LogP contribution is 2.36. The lowest BCUT2D eigenvalue weighted by Crippen LogP contribution is -2.80. The highest BCUT2D eigenvalue weighted by atomic mass is 35.5. The van der Waals surface area contributed by atoms with Gasteiger partial charge in [0, 0.05) is 41.5 Å². The van der Waals surface area contributed by atoms with Gasteiger partial charge in [0.15, 0.2) is 11.5 Å². The number of nitrogens with zero attached hydrogens (tertiary/aromatic N) is 2. The van der Waals surface area contributed by atoms with Crippen LogP contribution in [0.4, 0.5) is 0 Å². The quantitative estimate of drug-likeness (QED) is 0.662. The summed E-state index contributed by atoms with van der Waals surface area (Å²) in [5.74, 6) is 1.18. The van der Waals surface area contributed by atoms with E-state index in [0.717, 1.165) is 24.2 Å². The summed E-state index contributed by atoms with van der Waals surface area (Å²) in [4.78, 5) is 8.21. The van der Waals surface area contributed by atoms with Crippen molar-refractivity contribution < 1.29 is 14.8 Å². The number of aromatic nitrogens is 2. The molecule has 26 heavy (non-hydrogen) atoms. The topological polar surface area (TPSA) is 60.9 Å². The molecule has 0 aliphatic carbocycles. The van der Waals surface area contributed by atoms with Gasteiger partial charge in [-0.2, -0.15) is 0 Å². The second-order valence-corrected chi connectivity index (χ2v) is 6.22. The Morgan fingerprint density at radius 1 is 0.962 bits per heavy atom. The molecule has 0 aliphatic heterocycles. The summed E-state index contributed by atoms with van der Waals surface area (Å²) in [6.45, 7) is 2.03. The van der Waals surface area contributed by atoms with E-state index in [1.807, 2.05) is 36.5 Å². The van der Waals surface area contributed by atoms with Gasteiger partial charge in [0.05, 0.1) is 12.1 Å². The Morgan fingerprint density at radius 2 is 1.65 bits per heavy atom. The van der Waals surface area contributed by atoms with Gasteiger partial charge >= 0.3 is 0 Å². The minimum atomic E-state index is 0.385. The number of pyridine rings is 2. The largest absolute Gasteiger partial charge is 0.493 e. The van der Waals surface area contributed by atoms with Gasteiger partial charge in [0.25, 0.3) is 0 Å². The SMILES string of the molecule is COc1cc(C[NH2+]Cc2cccnc2)cc(Cl)c1OCc1cccnc1. The maximum atomic E-state index is 6.43. The number of ether oxygens (including phenoxy) is 2. The number of hydrogen-bond donors (Lipinski definition) is 1. The molecule has 2 N–H and O–H groups in total. The number of hydrogen-bond acceptors (Lipinski definition) is 4. The fraction of sp³-hybridized carbons (Fsp3) is 0.200. The van der Waals surface area contributed by atoms with Crippen LogP contribution in [0.25, 0.3) is 0 Å². The van der Waals surface area contributed by atoms with Crippen LogP contribution >= 0.6 is 11.6 Å². The van der Waals surface area contributed by atoms with Crippen molar-refractivity contribution in [3.05, 3.63) is 82.9 Å². The average Bonchev–Trinajstić information content (AvgIpc) is 2.68. The molecule has 0 spiro atoms. The van der Waals surface area contributed by atoms with Crippen LogP contribution in [0.5, 0.6) is 11.5 Å². The second kappa shape index (κ2) is 9.17. The van der Waals surface area contributed by atoms with Crippen molar-refractivity contribution in [3.8, 4) is 11.5 Å². The minimum absolute atomic E-state index is 0.385. The number of benzene rings is 1. The first-order valence-corrected chi connectivity index (χ1v) is 8.72. The molecule has 6 heteroatoms. The highest BCUT2D eigenvalue weighted by molar-refractivity contribution is 6.32. The van der Waals surface area contributed by atoms with E-state index in [2.05, 4.69) is 21.4 Å². The molecule has 2 aromatic heterocycles. The zero-order valence-corrected chi connectivity index (χ0v) is 15.3. The molecule has 2 heterocycles. The second-order valence-electron chi connectivity index (χ2n) is 5.82. The van der Waals surface area contributed by atoms with E-state index < -0.39 is 0 Å². The molecule has 0 bridgehead atoms. The zero-order valence-electron chi connectivity index (χ0n) is 14.6. The van der Waals surface area contributed by atoms with Crippen molar-refractivity contribution in [1.82, 2.24) is 9.97 Å². The third-order valence-corrected chi connectivity index (χ3v) is 4.16. The van der Waals surface area contributed by atoms with Crippen molar-refractivity contribution in [1.29, 1.82) is 0 Å². The Morgan fingerprint density at radius 3 is 2.31 bits per heavy atom. The summed E-state index contributed by atoms with van der Waals surface area (Å²) in [5.41, 5.74) is 3.23. The Bertz CT molecular complexity index is 829. The third-order valence-electron chi connectivity index (χ3n) is 3.88. The summed E-state index contributed by atoms with van der Waals surface area (Å²) in [6.07, 6.45) is 7.15. The zero-order chi connectivity index (χ0) is 18.2. The summed E-state index contributed by atoms with van der Waals surface area (Å²) in [6, 6.07) is 11.7. The van der Waals surface area contributed by atoms with Gasteiger partial charge in [-0.05, 0) is 24.3 Å². The van der Waals surface area contributed by atoms with Crippen LogP contribution < -0.4 is 14.8 Å². The maximum Gasteiger partial charge on any atom is 0.180 e. The lowest BCUT2D eigenvalue weighted by atomic mass is 10.2. The van der Waals surface area contributed by atoms with Gasteiger partial charge in [0.1, 0.15) is 19.7 Å². The van der Waals surface area contributed by atoms with Gasteiger partial charge in [0.2, 0.25) is 0 Å². The predicted molar refractivity (Wildman–Crippen MR) is 100 cm³/mol. The van der Waals surface area contributed by atoms with Crippen LogP contribution in [0, 0.1) is 0 Å². The predicted octanol–water partition coefficient (Wildman–Crippen LogP) is 2.98. The van der Waals surface area contributed by atoms with E-state index in [1.54, 1.807) is 25.7 Å². The van der Waals surface area contributed by atoms with Gasteiger partial charge in [-0.25, -0.2) is 0 Å². The first kappa shape index (κ1) is 18.2. The van der Waals surface area contributed by atoms with Crippen molar-refractivity contribution in [2.75, 3.05) is 7.11 Å². The Balaban J connectivity index is 1.64. The molecule has 0 saturated carbocycles. The molecule has 134 valence electrons. The van der Waals surface area contributed by atoms with Crippen LogP contribution in [0.1, 0.15) is 16.7 Å². The van der Waals surface area contributed by atoms with E-state index in [9.17, 15) is 0 Å².